The molecule has 0 aliphatic carbocycles. The summed E-state index contributed by atoms with van der Waals surface area (Å²) in [5, 5.41) is 0.882. The van der Waals surface area contributed by atoms with Crippen molar-refractivity contribution in [2.75, 3.05) is 31.7 Å². The third-order valence-electron chi connectivity index (χ3n) is 7.14. The molecule has 1 aromatic heterocycles. The van der Waals surface area contributed by atoms with E-state index < -0.39 is 27.7 Å². The molecule has 222 valence electrons. The van der Waals surface area contributed by atoms with Crippen LogP contribution in [-0.4, -0.2) is 62.6 Å². The maximum Gasteiger partial charge on any atom is 0.419 e. The van der Waals surface area contributed by atoms with Gasteiger partial charge in [-0.2, -0.15) is 0 Å². The lowest BCUT2D eigenvalue weighted by Gasteiger charge is -2.37. The average molecular weight is 586 g/mol. The molecule has 1 aliphatic heterocycles. The van der Waals surface area contributed by atoms with Crippen molar-refractivity contribution in [1.82, 2.24) is 9.47 Å². The zero-order valence-electron chi connectivity index (χ0n) is 24.7. The Bertz CT molecular complexity index is 1570. The number of fused-ring (bicyclic) bond motifs is 1. The molecule has 1 unspecified atom stereocenters. The maximum atomic E-state index is 13.0. The van der Waals surface area contributed by atoms with Gasteiger partial charge in [-0.05, 0) is 82.5 Å². The van der Waals surface area contributed by atoms with Crippen LogP contribution in [0.3, 0.4) is 0 Å². The molecule has 0 spiro atoms. The molecule has 0 amide bonds. The molecule has 11 heteroatoms. The van der Waals surface area contributed by atoms with E-state index in [1.165, 1.54) is 17.7 Å². The van der Waals surface area contributed by atoms with E-state index in [0.717, 1.165) is 59.7 Å². The molecule has 1 atom stereocenters. The summed E-state index contributed by atoms with van der Waals surface area (Å²) in [7, 11) is -0.700. The van der Waals surface area contributed by atoms with Gasteiger partial charge in [0.25, 0.3) is 0 Å². The first kappa shape index (κ1) is 30.4. The molecule has 1 fully saturated rings. The molecule has 2 heterocycles. The number of sulfonamides is 1. The van der Waals surface area contributed by atoms with Crippen molar-refractivity contribution < 1.29 is 32.2 Å². The van der Waals surface area contributed by atoms with Crippen LogP contribution in [0.1, 0.15) is 73.1 Å². The van der Waals surface area contributed by atoms with Crippen molar-refractivity contribution in [2.45, 2.75) is 65.1 Å². The van der Waals surface area contributed by atoms with E-state index in [2.05, 4.69) is 9.62 Å². The monoisotopic (exact) mass is 585 g/mol. The van der Waals surface area contributed by atoms with Gasteiger partial charge < -0.3 is 14.2 Å². The second-order valence-electron chi connectivity index (χ2n) is 11.5. The zero-order chi connectivity index (χ0) is 30.1. The fourth-order valence-electron chi connectivity index (χ4n) is 5.49. The number of piperidine rings is 1. The number of nitrogens with one attached hydrogen (secondary N) is 1. The predicted molar refractivity (Wildman–Crippen MR) is 158 cm³/mol. The van der Waals surface area contributed by atoms with E-state index in [4.69, 9.17) is 14.2 Å². The van der Waals surface area contributed by atoms with Gasteiger partial charge in [-0.15, -0.1) is 0 Å². The SMILES string of the molecule is COC(=O)c1ccc(C2CCCCN2Cc2c(OC)cc(C)c3c2ccn3C(=O)OC(C)(C)C)c(NS(C)(=O)=O)c1. The number of likely N-dealkylation sites (tertiary alicyclic amines) is 1. The maximum absolute atomic E-state index is 13.0. The van der Waals surface area contributed by atoms with E-state index in [1.54, 1.807) is 25.4 Å². The molecule has 1 N–H and O–H groups in total. The number of anilines is 1. The molecule has 3 aromatic rings. The van der Waals surface area contributed by atoms with E-state index in [9.17, 15) is 18.0 Å². The highest BCUT2D eigenvalue weighted by molar-refractivity contribution is 7.92. The highest BCUT2D eigenvalue weighted by Crippen LogP contribution is 2.40. The van der Waals surface area contributed by atoms with Crippen molar-refractivity contribution in [1.29, 1.82) is 0 Å². The minimum absolute atomic E-state index is 0.131. The van der Waals surface area contributed by atoms with Gasteiger partial charge >= 0.3 is 12.1 Å². The molecule has 1 saturated heterocycles. The lowest BCUT2D eigenvalue weighted by molar-refractivity contribution is 0.0542. The van der Waals surface area contributed by atoms with Crippen molar-refractivity contribution >= 4 is 38.7 Å². The predicted octanol–water partition coefficient (Wildman–Crippen LogP) is 5.63. The van der Waals surface area contributed by atoms with Gasteiger partial charge in [-0.3, -0.25) is 14.2 Å². The van der Waals surface area contributed by atoms with Gasteiger partial charge in [0.15, 0.2) is 0 Å². The minimum atomic E-state index is -3.61. The van der Waals surface area contributed by atoms with Gasteiger partial charge in [0.05, 0.1) is 37.2 Å². The number of methoxy groups -OCH3 is 2. The summed E-state index contributed by atoms with van der Waals surface area (Å²) >= 11 is 0. The summed E-state index contributed by atoms with van der Waals surface area (Å²) in [6.45, 7) is 8.70. The molecule has 0 saturated carbocycles. The summed E-state index contributed by atoms with van der Waals surface area (Å²) in [5.74, 6) is 0.159. The largest absolute Gasteiger partial charge is 0.496 e. The molecule has 10 nitrogen and oxygen atoms in total. The van der Waals surface area contributed by atoms with Crippen LogP contribution >= 0.6 is 0 Å². The molecular weight excluding hydrogens is 546 g/mol. The standard InChI is InChI=1S/C30H39N3O7S/c1-19-16-26(38-5)23(21-13-15-33(27(19)21)29(35)40-30(2,3)4)18-32-14-9-8-10-25(32)22-12-11-20(28(34)39-6)17-24(22)31-41(7,36)37/h11-13,15-17,25,31H,8-10,14,18H2,1-7H3. The summed E-state index contributed by atoms with van der Waals surface area (Å²) in [6.07, 6.45) is 5.09. The quantitative estimate of drug-likeness (QED) is 0.355. The number of aryl methyl sites for hydroxylation is 1. The second-order valence-corrected chi connectivity index (χ2v) is 13.2. The van der Waals surface area contributed by atoms with Crippen LogP contribution in [0.4, 0.5) is 10.5 Å². The van der Waals surface area contributed by atoms with Gasteiger partial charge in [-0.25, -0.2) is 18.0 Å². The Morgan fingerprint density at radius 3 is 2.46 bits per heavy atom. The van der Waals surface area contributed by atoms with E-state index in [0.29, 0.717) is 18.0 Å². The van der Waals surface area contributed by atoms with Crippen molar-refractivity contribution in [3.63, 3.8) is 0 Å². The Labute approximate surface area is 241 Å². The fraction of sp³-hybridized carbons (Fsp3) is 0.467. The number of ether oxygens (including phenoxy) is 3. The highest BCUT2D eigenvalue weighted by Gasteiger charge is 2.30. The summed E-state index contributed by atoms with van der Waals surface area (Å²) in [5.41, 5.74) is 3.30. The number of hydrogen-bond acceptors (Lipinski definition) is 8. The number of carbonyl (C=O) groups excluding carboxylic acids is 2. The molecular formula is C30H39N3O7S. The summed E-state index contributed by atoms with van der Waals surface area (Å²) in [6, 6.07) is 8.69. The number of carbonyl (C=O) groups is 2. The number of esters is 1. The smallest absolute Gasteiger partial charge is 0.419 e. The van der Waals surface area contributed by atoms with Crippen LogP contribution in [0.5, 0.6) is 5.75 Å². The van der Waals surface area contributed by atoms with Crippen LogP contribution < -0.4 is 9.46 Å². The first-order chi connectivity index (χ1) is 19.2. The van der Waals surface area contributed by atoms with E-state index >= 15 is 0 Å². The Morgan fingerprint density at radius 1 is 1.10 bits per heavy atom. The Balaban J connectivity index is 1.78. The van der Waals surface area contributed by atoms with Gasteiger partial charge in [0.1, 0.15) is 11.4 Å². The van der Waals surface area contributed by atoms with E-state index in [-0.39, 0.29) is 11.6 Å². The van der Waals surface area contributed by atoms with Gasteiger partial charge in [-0.1, -0.05) is 12.5 Å². The van der Waals surface area contributed by atoms with Crippen molar-refractivity contribution in [3.05, 3.63) is 58.8 Å². The van der Waals surface area contributed by atoms with Crippen molar-refractivity contribution in [2.24, 2.45) is 0 Å². The summed E-state index contributed by atoms with van der Waals surface area (Å²) < 4.78 is 45.0. The third-order valence-corrected chi connectivity index (χ3v) is 7.73. The van der Waals surface area contributed by atoms with E-state index in [1.807, 2.05) is 39.8 Å². The van der Waals surface area contributed by atoms with Crippen LogP contribution in [0, 0.1) is 6.92 Å². The van der Waals surface area contributed by atoms with Crippen LogP contribution in [0.25, 0.3) is 10.9 Å². The van der Waals surface area contributed by atoms with Crippen molar-refractivity contribution in [3.8, 4) is 5.75 Å². The lowest BCUT2D eigenvalue weighted by Crippen LogP contribution is -2.34. The molecule has 0 radical (unpaired) electrons. The molecule has 4 rings (SSSR count). The zero-order valence-corrected chi connectivity index (χ0v) is 25.6. The van der Waals surface area contributed by atoms with Crippen LogP contribution in [-0.2, 0) is 26.0 Å². The highest BCUT2D eigenvalue weighted by atomic mass is 32.2. The molecule has 1 aliphatic rings. The number of hydrogen-bond donors (Lipinski definition) is 1. The second kappa shape index (κ2) is 11.7. The number of benzene rings is 2. The molecule has 0 bridgehead atoms. The topological polar surface area (TPSA) is 116 Å². The Morgan fingerprint density at radius 2 is 1.83 bits per heavy atom. The van der Waals surface area contributed by atoms with Gasteiger partial charge in [0, 0.05) is 29.7 Å². The third kappa shape index (κ3) is 6.84. The Hall–Kier alpha value is -3.57. The average Bonchev–Trinajstić information content (AvgIpc) is 3.34. The first-order valence-corrected chi connectivity index (χ1v) is 15.5. The first-order valence-electron chi connectivity index (χ1n) is 13.6. The Kier molecular flexibility index (Phi) is 8.70. The normalized spacial score (nSPS) is 16.4. The molecule has 2 aromatic carbocycles. The number of nitrogens with zero attached hydrogens (tertiary/aromatic N) is 2. The number of rotatable bonds is 7. The van der Waals surface area contributed by atoms with Gasteiger partial charge in [0.2, 0.25) is 10.0 Å². The van der Waals surface area contributed by atoms with Crippen LogP contribution in [0.2, 0.25) is 0 Å². The van der Waals surface area contributed by atoms with Crippen LogP contribution in [0.15, 0.2) is 36.5 Å². The molecule has 41 heavy (non-hydrogen) atoms. The fourth-order valence-corrected chi connectivity index (χ4v) is 6.06. The summed E-state index contributed by atoms with van der Waals surface area (Å²) in [4.78, 5) is 27.5. The lowest BCUT2D eigenvalue weighted by atomic mass is 9.92. The number of aromatic nitrogens is 1. The minimum Gasteiger partial charge on any atom is -0.496 e.